The number of urea groups is 1. The smallest absolute Gasteiger partial charge is 0.323 e. The summed E-state index contributed by atoms with van der Waals surface area (Å²) in [4.78, 5) is 31.1. The monoisotopic (exact) mass is 410 g/mol. The molecule has 0 unspecified atom stereocenters. The molecule has 30 heavy (non-hydrogen) atoms. The zero-order valence-corrected chi connectivity index (χ0v) is 17.6. The van der Waals surface area contributed by atoms with E-state index < -0.39 is 0 Å². The van der Waals surface area contributed by atoms with Gasteiger partial charge in [0.05, 0.1) is 12.2 Å². The largest absolute Gasteiger partial charge is 0.342 e. The zero-order valence-electron chi connectivity index (χ0n) is 17.6. The van der Waals surface area contributed by atoms with Gasteiger partial charge in [0.1, 0.15) is 0 Å². The molecule has 1 aromatic heterocycles. The zero-order chi connectivity index (χ0) is 20.9. The minimum atomic E-state index is -0.140. The number of nitrogens with one attached hydrogen (secondary N) is 1. The first-order valence-corrected chi connectivity index (χ1v) is 10.8. The van der Waals surface area contributed by atoms with Crippen LogP contribution in [0, 0.1) is 6.92 Å². The highest BCUT2D eigenvalue weighted by Gasteiger charge is 2.25. The second kappa shape index (κ2) is 9.30. The van der Waals surface area contributed by atoms with Crippen LogP contribution in [0.25, 0.3) is 5.69 Å². The van der Waals surface area contributed by atoms with E-state index in [4.69, 9.17) is 0 Å². The summed E-state index contributed by atoms with van der Waals surface area (Å²) < 4.78 is 1.77. The Balaban J connectivity index is 1.27. The van der Waals surface area contributed by atoms with Gasteiger partial charge < -0.3 is 9.80 Å². The molecule has 0 radical (unpaired) electrons. The van der Waals surface area contributed by atoms with Gasteiger partial charge in [-0.1, -0.05) is 18.2 Å². The van der Waals surface area contributed by atoms with Crippen molar-refractivity contribution in [1.82, 2.24) is 24.5 Å². The van der Waals surface area contributed by atoms with E-state index in [0.29, 0.717) is 38.5 Å². The molecular formula is C22H30N6O2. The summed E-state index contributed by atoms with van der Waals surface area (Å²) >= 11 is 0. The van der Waals surface area contributed by atoms with Crippen molar-refractivity contribution in [2.45, 2.75) is 26.2 Å². The highest BCUT2D eigenvalue weighted by Crippen LogP contribution is 2.17. The summed E-state index contributed by atoms with van der Waals surface area (Å²) in [5, 5.41) is 7.46. The van der Waals surface area contributed by atoms with E-state index in [9.17, 15) is 9.59 Å². The van der Waals surface area contributed by atoms with Gasteiger partial charge in [0.2, 0.25) is 5.91 Å². The third-order valence-corrected chi connectivity index (χ3v) is 5.87. The van der Waals surface area contributed by atoms with Crippen molar-refractivity contribution < 1.29 is 9.59 Å². The first kappa shape index (κ1) is 20.4. The standard InChI is InChI=1S/C22H30N6O2/c1-18-16-28(19-8-4-2-5-9-19)24-21(18)23-22(30)27-14-12-25(13-15-27)17-20(29)26-10-6-3-7-11-26/h2,4-5,8-9,16H,3,6-7,10-15,17H2,1H3,(H,23,24,30). The maximum atomic E-state index is 12.7. The van der Waals surface area contributed by atoms with Crippen molar-refractivity contribution in [1.29, 1.82) is 0 Å². The molecule has 3 amide bonds. The van der Waals surface area contributed by atoms with Gasteiger partial charge in [-0.2, -0.15) is 0 Å². The molecule has 0 bridgehead atoms. The molecule has 0 saturated carbocycles. The molecule has 0 atom stereocenters. The summed E-state index contributed by atoms with van der Waals surface area (Å²) in [7, 11) is 0. The topological polar surface area (TPSA) is 73.7 Å². The number of piperidine rings is 1. The van der Waals surface area contributed by atoms with Crippen molar-refractivity contribution in [3.8, 4) is 5.69 Å². The summed E-state index contributed by atoms with van der Waals surface area (Å²) in [6.07, 6.45) is 5.36. The summed E-state index contributed by atoms with van der Waals surface area (Å²) in [5.41, 5.74) is 1.87. The molecule has 8 heteroatoms. The molecule has 160 valence electrons. The van der Waals surface area contributed by atoms with E-state index in [-0.39, 0.29) is 11.9 Å². The van der Waals surface area contributed by atoms with Crippen LogP contribution in [-0.2, 0) is 4.79 Å². The lowest BCUT2D eigenvalue weighted by molar-refractivity contribution is -0.133. The third kappa shape index (κ3) is 4.81. The van der Waals surface area contributed by atoms with E-state index in [1.54, 1.807) is 9.58 Å². The number of aryl methyl sites for hydroxylation is 1. The number of piperazine rings is 1. The average Bonchev–Trinajstić information content (AvgIpc) is 3.15. The lowest BCUT2D eigenvalue weighted by atomic mass is 10.1. The number of aromatic nitrogens is 2. The second-order valence-corrected chi connectivity index (χ2v) is 8.08. The molecule has 2 aromatic rings. The highest BCUT2D eigenvalue weighted by atomic mass is 16.2. The Kier molecular flexibility index (Phi) is 6.32. The van der Waals surface area contributed by atoms with E-state index in [1.165, 1.54) is 6.42 Å². The van der Waals surface area contributed by atoms with Crippen LogP contribution >= 0.6 is 0 Å². The van der Waals surface area contributed by atoms with Crippen LogP contribution in [0.1, 0.15) is 24.8 Å². The van der Waals surface area contributed by atoms with Gasteiger partial charge in [-0.05, 0) is 38.3 Å². The average molecular weight is 411 g/mol. The first-order valence-electron chi connectivity index (χ1n) is 10.8. The molecular weight excluding hydrogens is 380 g/mol. The van der Waals surface area contributed by atoms with Gasteiger partial charge in [0.15, 0.2) is 5.82 Å². The first-order chi connectivity index (χ1) is 14.6. The van der Waals surface area contributed by atoms with Gasteiger partial charge in [0, 0.05) is 51.0 Å². The molecule has 1 N–H and O–H groups in total. The predicted molar refractivity (Wildman–Crippen MR) is 116 cm³/mol. The van der Waals surface area contributed by atoms with Crippen LogP contribution in [0.3, 0.4) is 0 Å². The van der Waals surface area contributed by atoms with Gasteiger partial charge in [0.25, 0.3) is 0 Å². The Morgan fingerprint density at radius 2 is 1.63 bits per heavy atom. The summed E-state index contributed by atoms with van der Waals surface area (Å²) in [5.74, 6) is 0.793. The highest BCUT2D eigenvalue weighted by molar-refractivity contribution is 5.89. The normalized spacial score (nSPS) is 17.8. The third-order valence-electron chi connectivity index (χ3n) is 5.87. The number of amides is 3. The molecule has 8 nitrogen and oxygen atoms in total. The number of para-hydroxylation sites is 1. The van der Waals surface area contributed by atoms with Gasteiger partial charge in [-0.3, -0.25) is 15.0 Å². The lowest BCUT2D eigenvalue weighted by Gasteiger charge is -2.35. The molecule has 2 fully saturated rings. The van der Waals surface area contributed by atoms with Gasteiger partial charge in [-0.25, -0.2) is 9.48 Å². The van der Waals surface area contributed by atoms with Crippen molar-refractivity contribution in [2.24, 2.45) is 0 Å². The number of anilines is 1. The molecule has 2 saturated heterocycles. The number of hydrogen-bond donors (Lipinski definition) is 1. The van der Waals surface area contributed by atoms with Crippen LogP contribution < -0.4 is 5.32 Å². The molecule has 0 spiro atoms. The number of nitrogens with zero attached hydrogens (tertiary/aromatic N) is 5. The SMILES string of the molecule is Cc1cn(-c2ccccc2)nc1NC(=O)N1CCN(CC(=O)N2CCCCC2)CC1. The Morgan fingerprint density at radius 1 is 0.933 bits per heavy atom. The second-order valence-electron chi connectivity index (χ2n) is 8.08. The van der Waals surface area contributed by atoms with Gasteiger partial charge >= 0.3 is 6.03 Å². The maximum absolute atomic E-state index is 12.7. The number of hydrogen-bond acceptors (Lipinski definition) is 4. The van der Waals surface area contributed by atoms with E-state index in [0.717, 1.165) is 37.2 Å². The number of carbonyl (C=O) groups is 2. The Morgan fingerprint density at radius 3 is 2.33 bits per heavy atom. The van der Waals surface area contributed by atoms with Gasteiger partial charge in [-0.15, -0.1) is 5.10 Å². The van der Waals surface area contributed by atoms with Crippen LogP contribution in [0.15, 0.2) is 36.5 Å². The molecule has 2 aliphatic rings. The fourth-order valence-corrected chi connectivity index (χ4v) is 4.02. The van der Waals surface area contributed by atoms with Crippen LogP contribution in [-0.4, -0.2) is 82.2 Å². The van der Waals surface area contributed by atoms with E-state index in [2.05, 4.69) is 15.3 Å². The number of rotatable bonds is 4. The van der Waals surface area contributed by atoms with Crippen molar-refractivity contribution in [2.75, 3.05) is 51.1 Å². The fraction of sp³-hybridized carbons (Fsp3) is 0.500. The number of carbonyl (C=O) groups excluding carboxylic acids is 2. The number of benzene rings is 1. The summed E-state index contributed by atoms with van der Waals surface area (Å²) in [6, 6.07) is 9.69. The quantitative estimate of drug-likeness (QED) is 0.840. The van der Waals surface area contributed by atoms with Crippen LogP contribution in [0.2, 0.25) is 0 Å². The molecule has 2 aliphatic heterocycles. The van der Waals surface area contributed by atoms with E-state index in [1.807, 2.05) is 48.4 Å². The lowest BCUT2D eigenvalue weighted by Crippen LogP contribution is -2.52. The van der Waals surface area contributed by atoms with E-state index >= 15 is 0 Å². The maximum Gasteiger partial charge on any atom is 0.323 e. The fourth-order valence-electron chi connectivity index (χ4n) is 4.02. The van der Waals surface area contributed by atoms with Crippen molar-refractivity contribution in [3.63, 3.8) is 0 Å². The molecule has 0 aliphatic carbocycles. The minimum Gasteiger partial charge on any atom is -0.342 e. The Hall–Kier alpha value is -2.87. The molecule has 1 aromatic carbocycles. The predicted octanol–water partition coefficient (Wildman–Crippen LogP) is 2.34. The summed E-state index contributed by atoms with van der Waals surface area (Å²) in [6.45, 7) is 6.80. The van der Waals surface area contributed by atoms with Crippen LogP contribution in [0.4, 0.5) is 10.6 Å². The van der Waals surface area contributed by atoms with Crippen LogP contribution in [0.5, 0.6) is 0 Å². The molecule has 4 rings (SSSR count). The minimum absolute atomic E-state index is 0.140. The van der Waals surface area contributed by atoms with Crippen molar-refractivity contribution >= 4 is 17.8 Å². The number of likely N-dealkylation sites (tertiary alicyclic amines) is 1. The Bertz CT molecular complexity index is 867. The Labute approximate surface area is 177 Å². The molecule has 3 heterocycles. The van der Waals surface area contributed by atoms with Crippen molar-refractivity contribution in [3.05, 3.63) is 42.1 Å².